The number of aromatic nitrogens is 2. The lowest BCUT2D eigenvalue weighted by molar-refractivity contribution is -0.00187. The molecule has 23 heavy (non-hydrogen) atoms. The van der Waals surface area contributed by atoms with Crippen LogP contribution in [0.4, 0.5) is 0 Å². The Morgan fingerprint density at radius 1 is 1.39 bits per heavy atom. The number of morpholine rings is 1. The van der Waals surface area contributed by atoms with Gasteiger partial charge in [0.1, 0.15) is 12.7 Å². The van der Waals surface area contributed by atoms with Gasteiger partial charge < -0.3 is 19.2 Å². The summed E-state index contributed by atoms with van der Waals surface area (Å²) in [7, 11) is -1.78. The molecular formula is C16H29N3O3Si. The van der Waals surface area contributed by atoms with E-state index in [1.165, 1.54) is 0 Å². The highest BCUT2D eigenvalue weighted by atomic mass is 28.4. The predicted octanol–water partition coefficient (Wildman–Crippen LogP) is 2.37. The first kappa shape index (κ1) is 18.3. The Morgan fingerprint density at radius 2 is 2.17 bits per heavy atom. The maximum Gasteiger partial charge on any atom is 0.316 e. The van der Waals surface area contributed by atoms with Crippen molar-refractivity contribution in [2.75, 3.05) is 26.3 Å². The second-order valence-electron chi connectivity index (χ2n) is 7.39. The smallest absolute Gasteiger partial charge is 0.316 e. The Morgan fingerprint density at radius 3 is 2.83 bits per heavy atom. The molecule has 130 valence electrons. The zero-order valence-electron chi connectivity index (χ0n) is 14.9. The molecule has 0 aliphatic carbocycles. The van der Waals surface area contributed by atoms with E-state index in [-0.39, 0.29) is 11.1 Å². The van der Waals surface area contributed by atoms with Crippen LogP contribution in [0.5, 0.6) is 6.01 Å². The van der Waals surface area contributed by atoms with Gasteiger partial charge in [0.05, 0.1) is 18.9 Å². The molecule has 2 rings (SSSR count). The van der Waals surface area contributed by atoms with Gasteiger partial charge in [-0.15, -0.1) is 0 Å². The third-order valence-corrected chi connectivity index (χ3v) is 8.96. The summed E-state index contributed by atoms with van der Waals surface area (Å²) in [6.45, 7) is 14.5. The molecule has 0 saturated carbocycles. The van der Waals surface area contributed by atoms with Gasteiger partial charge in [0.25, 0.3) is 0 Å². The second-order valence-corrected chi connectivity index (χ2v) is 12.2. The third-order valence-electron chi connectivity index (χ3n) is 4.48. The summed E-state index contributed by atoms with van der Waals surface area (Å²) < 4.78 is 17.4. The van der Waals surface area contributed by atoms with E-state index in [2.05, 4.69) is 49.1 Å². The minimum Gasteiger partial charge on any atom is -0.461 e. The van der Waals surface area contributed by atoms with Crippen LogP contribution in [-0.4, -0.2) is 50.7 Å². The van der Waals surface area contributed by atoms with Gasteiger partial charge >= 0.3 is 6.01 Å². The van der Waals surface area contributed by atoms with Crippen LogP contribution in [0, 0.1) is 0 Å². The van der Waals surface area contributed by atoms with Gasteiger partial charge in [-0.2, -0.15) is 4.98 Å². The molecule has 0 radical (unpaired) electrons. The van der Waals surface area contributed by atoms with Crippen LogP contribution in [-0.2, 0) is 15.8 Å². The standard InChI is InChI=1S/C16H29N3O3Si/c1-16(2,3)23(4,5)22-11-13-6-7-18-15(19-13)21-12-14-10-17-8-9-20-14/h6-7,14,17H,8-12H2,1-5H3/t14-/m0/s1. The van der Waals surface area contributed by atoms with Crippen molar-refractivity contribution in [3.05, 3.63) is 18.0 Å². The normalized spacial score (nSPS) is 19.6. The van der Waals surface area contributed by atoms with Gasteiger partial charge in [-0.25, -0.2) is 4.98 Å². The van der Waals surface area contributed by atoms with Gasteiger partial charge in [-0.3, -0.25) is 0 Å². The largest absolute Gasteiger partial charge is 0.461 e. The Balaban J connectivity index is 1.87. The van der Waals surface area contributed by atoms with Crippen molar-refractivity contribution in [3.8, 4) is 6.01 Å². The van der Waals surface area contributed by atoms with Crippen LogP contribution in [0.3, 0.4) is 0 Å². The molecule has 1 atom stereocenters. The van der Waals surface area contributed by atoms with Crippen molar-refractivity contribution >= 4 is 8.32 Å². The van der Waals surface area contributed by atoms with E-state index >= 15 is 0 Å². The van der Waals surface area contributed by atoms with Crippen molar-refractivity contribution in [3.63, 3.8) is 0 Å². The molecule has 0 amide bonds. The fourth-order valence-corrected chi connectivity index (χ4v) is 2.83. The molecule has 1 fully saturated rings. The minimum absolute atomic E-state index is 0.0551. The highest BCUT2D eigenvalue weighted by Crippen LogP contribution is 2.36. The van der Waals surface area contributed by atoms with E-state index in [4.69, 9.17) is 13.9 Å². The molecular weight excluding hydrogens is 310 g/mol. The first-order chi connectivity index (χ1) is 10.8. The molecule has 0 aromatic carbocycles. The van der Waals surface area contributed by atoms with Crippen molar-refractivity contribution in [1.29, 1.82) is 0 Å². The number of hydrogen-bond acceptors (Lipinski definition) is 6. The van der Waals surface area contributed by atoms with Crippen molar-refractivity contribution < 1.29 is 13.9 Å². The Kier molecular flexibility index (Phi) is 6.13. The van der Waals surface area contributed by atoms with E-state index in [1.807, 2.05) is 6.07 Å². The third kappa shape index (κ3) is 5.52. The van der Waals surface area contributed by atoms with E-state index in [1.54, 1.807) is 6.20 Å². The molecule has 0 bridgehead atoms. The maximum absolute atomic E-state index is 6.19. The number of nitrogens with one attached hydrogen (secondary N) is 1. The monoisotopic (exact) mass is 339 g/mol. The Hall–Kier alpha value is -1.02. The molecule has 1 aliphatic heterocycles. The first-order valence-electron chi connectivity index (χ1n) is 8.19. The Bertz CT molecular complexity index is 500. The summed E-state index contributed by atoms with van der Waals surface area (Å²) in [5.41, 5.74) is 0.850. The number of ether oxygens (including phenoxy) is 2. The summed E-state index contributed by atoms with van der Waals surface area (Å²) >= 11 is 0. The summed E-state index contributed by atoms with van der Waals surface area (Å²) in [6, 6.07) is 2.26. The minimum atomic E-state index is -1.78. The van der Waals surface area contributed by atoms with Gasteiger partial charge in [0.2, 0.25) is 0 Å². The van der Waals surface area contributed by atoms with Crippen LogP contribution in [0.2, 0.25) is 18.1 Å². The summed E-state index contributed by atoms with van der Waals surface area (Å²) in [5.74, 6) is 0. The van der Waals surface area contributed by atoms with Gasteiger partial charge in [-0.1, -0.05) is 20.8 Å². The van der Waals surface area contributed by atoms with Crippen LogP contribution in [0.25, 0.3) is 0 Å². The molecule has 0 unspecified atom stereocenters. The lowest BCUT2D eigenvalue weighted by Crippen LogP contribution is -2.41. The maximum atomic E-state index is 6.19. The van der Waals surface area contributed by atoms with E-state index in [9.17, 15) is 0 Å². The molecule has 1 saturated heterocycles. The van der Waals surface area contributed by atoms with E-state index < -0.39 is 8.32 Å². The van der Waals surface area contributed by atoms with Crippen molar-refractivity contribution in [2.24, 2.45) is 0 Å². The van der Waals surface area contributed by atoms with Gasteiger partial charge in [0.15, 0.2) is 8.32 Å². The molecule has 6 nitrogen and oxygen atoms in total. The number of rotatable bonds is 6. The molecule has 2 heterocycles. The highest BCUT2D eigenvalue weighted by molar-refractivity contribution is 6.74. The van der Waals surface area contributed by atoms with Crippen molar-refractivity contribution in [1.82, 2.24) is 15.3 Å². The average Bonchev–Trinajstić information content (AvgIpc) is 2.51. The Labute approximate surface area is 140 Å². The SMILES string of the molecule is CC(C)(C)[Si](C)(C)OCc1ccnc(OC[C@@H]2CNCCO2)n1. The van der Waals surface area contributed by atoms with Crippen molar-refractivity contribution in [2.45, 2.75) is 51.6 Å². The van der Waals surface area contributed by atoms with Crippen LogP contribution < -0.4 is 10.1 Å². The van der Waals surface area contributed by atoms with Crippen LogP contribution in [0.15, 0.2) is 12.3 Å². The fourth-order valence-electron chi connectivity index (χ4n) is 1.89. The first-order valence-corrected chi connectivity index (χ1v) is 11.1. The lowest BCUT2D eigenvalue weighted by Gasteiger charge is -2.36. The molecule has 1 aliphatic rings. The zero-order chi connectivity index (χ0) is 16.9. The van der Waals surface area contributed by atoms with Gasteiger partial charge in [-0.05, 0) is 24.2 Å². The average molecular weight is 340 g/mol. The summed E-state index contributed by atoms with van der Waals surface area (Å²) in [5, 5.41) is 3.46. The van der Waals surface area contributed by atoms with E-state index in [0.29, 0.717) is 19.2 Å². The van der Waals surface area contributed by atoms with Gasteiger partial charge in [0, 0.05) is 19.3 Å². The highest BCUT2D eigenvalue weighted by Gasteiger charge is 2.37. The topological polar surface area (TPSA) is 65.5 Å². The zero-order valence-corrected chi connectivity index (χ0v) is 15.9. The molecule has 0 spiro atoms. The number of hydrogen-bond donors (Lipinski definition) is 1. The summed E-state index contributed by atoms with van der Waals surface area (Å²) in [4.78, 5) is 8.59. The number of nitrogens with zero attached hydrogens (tertiary/aromatic N) is 2. The fraction of sp³-hybridized carbons (Fsp3) is 0.750. The van der Waals surface area contributed by atoms with Crippen LogP contribution in [0.1, 0.15) is 26.5 Å². The van der Waals surface area contributed by atoms with E-state index in [0.717, 1.165) is 25.4 Å². The molecule has 1 aromatic rings. The molecule has 1 N–H and O–H groups in total. The molecule has 7 heteroatoms. The van der Waals surface area contributed by atoms with Crippen LogP contribution >= 0.6 is 0 Å². The lowest BCUT2D eigenvalue weighted by atomic mass is 10.2. The predicted molar refractivity (Wildman–Crippen MR) is 92.1 cm³/mol. The summed E-state index contributed by atoms with van der Waals surface area (Å²) in [6.07, 6.45) is 1.77. The second kappa shape index (κ2) is 7.70. The quantitative estimate of drug-likeness (QED) is 0.803. The molecule has 1 aromatic heterocycles.